The highest BCUT2D eigenvalue weighted by molar-refractivity contribution is 7.91. The van der Waals surface area contributed by atoms with Crippen molar-refractivity contribution in [1.82, 2.24) is 5.32 Å². The van der Waals surface area contributed by atoms with Gasteiger partial charge in [-0.15, -0.1) is 0 Å². The van der Waals surface area contributed by atoms with Gasteiger partial charge in [0.15, 0.2) is 0 Å². The lowest BCUT2D eigenvalue weighted by atomic mass is 9.88. The summed E-state index contributed by atoms with van der Waals surface area (Å²) in [5, 5.41) is 3.02. The molecule has 1 saturated heterocycles. The molecule has 0 spiro atoms. The number of rotatable bonds is 3. The molecule has 1 aliphatic heterocycles. The summed E-state index contributed by atoms with van der Waals surface area (Å²) in [7, 11) is -1.15. The lowest BCUT2D eigenvalue weighted by Crippen LogP contribution is -2.51. The van der Waals surface area contributed by atoms with Gasteiger partial charge in [-0.2, -0.15) is 0 Å². The number of nitrogens with two attached hydrogens (primary N) is 1. The Morgan fingerprint density at radius 2 is 1.93 bits per heavy atom. The highest BCUT2D eigenvalue weighted by Crippen LogP contribution is 2.26. The highest BCUT2D eigenvalue weighted by atomic mass is 32.2. The Morgan fingerprint density at radius 3 is 2.29 bits per heavy atom. The maximum absolute atomic E-state index is 11.2. The van der Waals surface area contributed by atoms with Crippen LogP contribution in [0.15, 0.2) is 0 Å². The maximum Gasteiger partial charge on any atom is 0.219 e. The van der Waals surface area contributed by atoms with Crippen molar-refractivity contribution in [2.75, 3.05) is 18.6 Å². The Kier molecular flexibility index (Phi) is 3.16. The Bertz CT molecular complexity index is 309. The minimum Gasteiger partial charge on any atom is -0.370 e. The van der Waals surface area contributed by atoms with Gasteiger partial charge in [0.05, 0.1) is 11.5 Å². The molecular weight excluding hydrogens is 204 g/mol. The second-order valence-corrected chi connectivity index (χ2v) is 6.13. The van der Waals surface area contributed by atoms with Gasteiger partial charge in [0, 0.05) is 12.0 Å². The summed E-state index contributed by atoms with van der Waals surface area (Å²) in [5.41, 5.74) is 4.72. The second-order valence-electron chi connectivity index (χ2n) is 3.83. The van der Waals surface area contributed by atoms with E-state index in [4.69, 9.17) is 5.73 Å². The molecule has 6 heteroatoms. The largest absolute Gasteiger partial charge is 0.370 e. The fraction of sp³-hybridized carbons (Fsp3) is 0.875. The summed E-state index contributed by atoms with van der Waals surface area (Å²) in [6, 6.07) is 0. The Labute approximate surface area is 84.0 Å². The molecule has 1 aliphatic rings. The standard InChI is InChI=1S/C8H16N2O3S/c1-10-8(6-7(9)11)2-4-14(12,13)5-3-8/h10H,2-6H2,1H3,(H2,9,11). The van der Waals surface area contributed by atoms with Gasteiger partial charge in [0.2, 0.25) is 5.91 Å². The summed E-state index contributed by atoms with van der Waals surface area (Å²) < 4.78 is 22.4. The fourth-order valence-electron chi connectivity index (χ4n) is 1.78. The Balaban J connectivity index is 2.70. The van der Waals surface area contributed by atoms with E-state index in [9.17, 15) is 13.2 Å². The van der Waals surface area contributed by atoms with Gasteiger partial charge >= 0.3 is 0 Å². The molecular formula is C8H16N2O3S. The first-order valence-electron chi connectivity index (χ1n) is 4.57. The lowest BCUT2D eigenvalue weighted by molar-refractivity contribution is -0.119. The van der Waals surface area contributed by atoms with Crippen LogP contribution in [0.4, 0.5) is 0 Å². The molecule has 0 atom stereocenters. The molecule has 0 bridgehead atoms. The number of carbonyl (C=O) groups is 1. The van der Waals surface area contributed by atoms with Crippen LogP contribution in [0.3, 0.4) is 0 Å². The van der Waals surface area contributed by atoms with Gasteiger partial charge < -0.3 is 11.1 Å². The van der Waals surface area contributed by atoms with Crippen LogP contribution in [0.2, 0.25) is 0 Å². The van der Waals surface area contributed by atoms with Crippen molar-refractivity contribution in [1.29, 1.82) is 0 Å². The van der Waals surface area contributed by atoms with E-state index < -0.39 is 21.3 Å². The van der Waals surface area contributed by atoms with Crippen molar-refractivity contribution in [3.05, 3.63) is 0 Å². The number of primary amides is 1. The van der Waals surface area contributed by atoms with E-state index >= 15 is 0 Å². The van der Waals surface area contributed by atoms with E-state index in [1.807, 2.05) is 0 Å². The van der Waals surface area contributed by atoms with Crippen molar-refractivity contribution in [3.8, 4) is 0 Å². The quantitative estimate of drug-likeness (QED) is 0.640. The summed E-state index contributed by atoms with van der Waals surface area (Å²) in [6.07, 6.45) is 1.14. The minimum atomic E-state index is -2.89. The summed E-state index contributed by atoms with van der Waals surface area (Å²) in [4.78, 5) is 10.8. The van der Waals surface area contributed by atoms with E-state index in [2.05, 4.69) is 5.32 Å². The average Bonchev–Trinajstić information content (AvgIpc) is 2.09. The summed E-state index contributed by atoms with van der Waals surface area (Å²) >= 11 is 0. The minimum absolute atomic E-state index is 0.140. The Hall–Kier alpha value is -0.620. The summed E-state index contributed by atoms with van der Waals surface area (Å²) in [6.45, 7) is 0. The topological polar surface area (TPSA) is 89.3 Å². The van der Waals surface area contributed by atoms with Crippen LogP contribution >= 0.6 is 0 Å². The first-order chi connectivity index (χ1) is 6.39. The third-order valence-electron chi connectivity index (χ3n) is 2.83. The number of carbonyl (C=O) groups excluding carboxylic acids is 1. The van der Waals surface area contributed by atoms with Gasteiger partial charge in [-0.25, -0.2) is 8.42 Å². The zero-order valence-corrected chi connectivity index (χ0v) is 9.06. The highest BCUT2D eigenvalue weighted by Gasteiger charge is 2.36. The van der Waals surface area contributed by atoms with Crippen LogP contribution in [0, 0.1) is 0 Å². The van der Waals surface area contributed by atoms with Gasteiger partial charge in [-0.05, 0) is 19.9 Å². The Morgan fingerprint density at radius 1 is 1.43 bits per heavy atom. The van der Waals surface area contributed by atoms with Crippen molar-refractivity contribution < 1.29 is 13.2 Å². The average molecular weight is 220 g/mol. The molecule has 0 aliphatic carbocycles. The molecule has 1 rings (SSSR count). The molecule has 0 aromatic rings. The van der Waals surface area contributed by atoms with E-state index in [1.54, 1.807) is 7.05 Å². The van der Waals surface area contributed by atoms with E-state index in [0.717, 1.165) is 0 Å². The van der Waals surface area contributed by atoms with Gasteiger partial charge in [-0.1, -0.05) is 0 Å². The van der Waals surface area contributed by atoms with Crippen LogP contribution in [-0.2, 0) is 14.6 Å². The predicted octanol–water partition coefficient (Wildman–Crippen LogP) is -0.971. The molecule has 0 radical (unpaired) electrons. The van der Waals surface area contributed by atoms with Gasteiger partial charge in [-0.3, -0.25) is 4.79 Å². The van der Waals surface area contributed by atoms with E-state index in [0.29, 0.717) is 12.8 Å². The monoisotopic (exact) mass is 220 g/mol. The molecule has 5 nitrogen and oxygen atoms in total. The van der Waals surface area contributed by atoms with Gasteiger partial charge in [0.1, 0.15) is 9.84 Å². The van der Waals surface area contributed by atoms with E-state index in [1.165, 1.54) is 0 Å². The van der Waals surface area contributed by atoms with E-state index in [-0.39, 0.29) is 17.9 Å². The second kappa shape index (κ2) is 3.86. The smallest absolute Gasteiger partial charge is 0.219 e. The molecule has 0 saturated carbocycles. The number of sulfone groups is 1. The first-order valence-corrected chi connectivity index (χ1v) is 6.39. The van der Waals surface area contributed by atoms with Crippen LogP contribution in [0.5, 0.6) is 0 Å². The molecule has 1 fully saturated rings. The number of hydrogen-bond acceptors (Lipinski definition) is 4. The molecule has 82 valence electrons. The number of hydrogen-bond donors (Lipinski definition) is 2. The molecule has 1 amide bonds. The molecule has 14 heavy (non-hydrogen) atoms. The van der Waals surface area contributed by atoms with Crippen LogP contribution < -0.4 is 11.1 Å². The fourth-order valence-corrected chi connectivity index (χ4v) is 3.39. The van der Waals surface area contributed by atoms with Crippen LogP contribution in [-0.4, -0.2) is 38.4 Å². The molecule has 0 aromatic carbocycles. The van der Waals surface area contributed by atoms with Gasteiger partial charge in [0.25, 0.3) is 0 Å². The van der Waals surface area contributed by atoms with Crippen molar-refractivity contribution >= 4 is 15.7 Å². The van der Waals surface area contributed by atoms with Crippen molar-refractivity contribution in [2.24, 2.45) is 5.73 Å². The molecule has 1 heterocycles. The SMILES string of the molecule is CNC1(CC(N)=O)CCS(=O)(=O)CC1. The summed E-state index contributed by atoms with van der Waals surface area (Å²) in [5.74, 6) is -0.110. The molecule has 3 N–H and O–H groups in total. The lowest BCUT2D eigenvalue weighted by Gasteiger charge is -2.35. The number of nitrogens with one attached hydrogen (secondary N) is 1. The van der Waals surface area contributed by atoms with Crippen LogP contribution in [0.1, 0.15) is 19.3 Å². The first kappa shape index (κ1) is 11.5. The zero-order valence-electron chi connectivity index (χ0n) is 8.25. The normalized spacial score (nSPS) is 24.4. The van der Waals surface area contributed by atoms with Crippen molar-refractivity contribution in [2.45, 2.75) is 24.8 Å². The number of amides is 1. The maximum atomic E-state index is 11.2. The zero-order chi connectivity index (χ0) is 10.8. The molecule has 0 aromatic heterocycles. The van der Waals surface area contributed by atoms with Crippen LogP contribution in [0.25, 0.3) is 0 Å². The third kappa shape index (κ3) is 2.68. The molecule has 0 unspecified atom stereocenters. The van der Waals surface area contributed by atoms with Crippen molar-refractivity contribution in [3.63, 3.8) is 0 Å². The third-order valence-corrected chi connectivity index (χ3v) is 4.48. The predicted molar refractivity (Wildman–Crippen MR) is 53.5 cm³/mol.